The van der Waals surface area contributed by atoms with Gasteiger partial charge >= 0.3 is 0 Å². The molecule has 0 spiro atoms. The van der Waals surface area contributed by atoms with Crippen LogP contribution in [0.3, 0.4) is 0 Å². The zero-order valence-electron chi connectivity index (χ0n) is 13.2. The fourth-order valence-corrected chi connectivity index (χ4v) is 4.14. The van der Waals surface area contributed by atoms with Crippen molar-refractivity contribution in [1.29, 1.82) is 0 Å². The molecule has 1 N–H and O–H groups in total. The van der Waals surface area contributed by atoms with Gasteiger partial charge in [-0.3, -0.25) is 4.99 Å². The van der Waals surface area contributed by atoms with Crippen LogP contribution in [0.25, 0.3) is 0 Å². The van der Waals surface area contributed by atoms with Crippen molar-refractivity contribution in [3.8, 4) is 0 Å². The molecule has 2 heterocycles. The summed E-state index contributed by atoms with van der Waals surface area (Å²) in [6.07, 6.45) is 2.19. The van der Waals surface area contributed by atoms with Gasteiger partial charge < -0.3 is 10.2 Å². The zero-order chi connectivity index (χ0) is 15.5. The summed E-state index contributed by atoms with van der Waals surface area (Å²) in [6, 6.07) is 17.3. The number of thioether (sulfide) groups is 1. The van der Waals surface area contributed by atoms with Gasteiger partial charge in [-0.15, -0.1) is 0 Å². The second-order valence-corrected chi connectivity index (χ2v) is 7.02. The lowest BCUT2D eigenvalue weighted by molar-refractivity contribution is 0.874. The third-order valence-electron chi connectivity index (χ3n) is 4.48. The number of rotatable bonds is 3. The quantitative estimate of drug-likeness (QED) is 0.931. The van der Waals surface area contributed by atoms with Crippen LogP contribution in [0.4, 0.5) is 11.4 Å². The van der Waals surface area contributed by atoms with E-state index in [9.17, 15) is 0 Å². The second-order valence-electron chi connectivity index (χ2n) is 5.93. The number of aliphatic imine (C=N–C) groups is 1. The number of nitrogens with zero attached hydrogens (tertiary/aromatic N) is 2. The summed E-state index contributed by atoms with van der Waals surface area (Å²) in [5, 5.41) is 4.56. The highest BCUT2D eigenvalue weighted by atomic mass is 32.2. The van der Waals surface area contributed by atoms with Crippen LogP contribution in [-0.2, 0) is 12.8 Å². The largest absolute Gasteiger partial charge is 0.370 e. The molecule has 0 aromatic heterocycles. The van der Waals surface area contributed by atoms with Crippen molar-refractivity contribution < 1.29 is 0 Å². The van der Waals surface area contributed by atoms with Crippen LogP contribution in [0.15, 0.2) is 53.5 Å². The molecule has 0 saturated carbocycles. The van der Waals surface area contributed by atoms with Crippen LogP contribution in [0.5, 0.6) is 0 Å². The van der Waals surface area contributed by atoms with Crippen LogP contribution >= 0.6 is 11.8 Å². The normalized spacial score (nSPS) is 16.2. The van der Waals surface area contributed by atoms with Crippen LogP contribution in [0.1, 0.15) is 11.1 Å². The van der Waals surface area contributed by atoms with Gasteiger partial charge in [-0.2, -0.15) is 0 Å². The Morgan fingerprint density at radius 1 is 1.00 bits per heavy atom. The lowest BCUT2D eigenvalue weighted by atomic mass is 10.1. The maximum Gasteiger partial charge on any atom is 0.161 e. The number of nitrogens with one attached hydrogen (secondary N) is 1. The molecule has 2 aliphatic rings. The second kappa shape index (κ2) is 6.67. The van der Waals surface area contributed by atoms with Crippen molar-refractivity contribution in [2.45, 2.75) is 12.8 Å². The molecule has 0 saturated heterocycles. The number of benzene rings is 2. The Kier molecular flexibility index (Phi) is 4.24. The Morgan fingerprint density at radius 3 is 2.78 bits per heavy atom. The number of anilines is 2. The molecule has 118 valence electrons. The van der Waals surface area contributed by atoms with Gasteiger partial charge in [0.1, 0.15) is 0 Å². The maximum atomic E-state index is 4.70. The molecule has 2 aromatic carbocycles. The fourth-order valence-electron chi connectivity index (χ4n) is 3.27. The molecule has 0 atom stereocenters. The first-order chi connectivity index (χ1) is 11.4. The molecule has 2 aliphatic heterocycles. The van der Waals surface area contributed by atoms with Gasteiger partial charge in [-0.1, -0.05) is 48.2 Å². The van der Waals surface area contributed by atoms with Crippen molar-refractivity contribution in [3.63, 3.8) is 0 Å². The van der Waals surface area contributed by atoms with Crippen molar-refractivity contribution in [3.05, 3.63) is 59.7 Å². The van der Waals surface area contributed by atoms with Gasteiger partial charge in [0.2, 0.25) is 0 Å². The average molecular weight is 323 g/mol. The minimum absolute atomic E-state index is 0.874. The summed E-state index contributed by atoms with van der Waals surface area (Å²) in [4.78, 5) is 7.19. The minimum atomic E-state index is 0.874. The van der Waals surface area contributed by atoms with E-state index in [1.54, 1.807) is 0 Å². The van der Waals surface area contributed by atoms with E-state index in [1.165, 1.54) is 28.9 Å². The van der Waals surface area contributed by atoms with Gasteiger partial charge in [0.25, 0.3) is 0 Å². The third kappa shape index (κ3) is 3.22. The summed E-state index contributed by atoms with van der Waals surface area (Å²) >= 11 is 1.83. The van der Waals surface area contributed by atoms with Crippen LogP contribution in [0, 0.1) is 0 Å². The number of amidine groups is 1. The van der Waals surface area contributed by atoms with Gasteiger partial charge in [0.15, 0.2) is 5.17 Å². The Labute approximate surface area is 141 Å². The summed E-state index contributed by atoms with van der Waals surface area (Å²) in [5.74, 6) is 1.06. The first kappa shape index (κ1) is 14.6. The first-order valence-electron chi connectivity index (χ1n) is 8.25. The van der Waals surface area contributed by atoms with Gasteiger partial charge in [0, 0.05) is 36.8 Å². The van der Waals surface area contributed by atoms with E-state index in [0.717, 1.165) is 37.0 Å². The molecule has 3 nitrogen and oxygen atoms in total. The Bertz CT molecular complexity index is 726. The zero-order valence-corrected chi connectivity index (χ0v) is 14.0. The molecule has 0 fully saturated rings. The van der Waals surface area contributed by atoms with E-state index < -0.39 is 0 Å². The Morgan fingerprint density at radius 2 is 1.83 bits per heavy atom. The Hall–Kier alpha value is -1.94. The molecular formula is C19H21N3S. The summed E-state index contributed by atoms with van der Waals surface area (Å²) < 4.78 is 0. The molecule has 4 heteroatoms. The Balaban J connectivity index is 1.35. The van der Waals surface area contributed by atoms with E-state index in [2.05, 4.69) is 58.7 Å². The standard InChI is InChI=1S/C19H21N3S/c1-3-7-17-15(5-1)9-11-20-19(21-17)23-14-13-22-12-10-16-6-2-4-8-18(16)22/h1-8H,9-14H2,(H,20,21). The minimum Gasteiger partial charge on any atom is -0.370 e. The lowest BCUT2D eigenvalue weighted by Gasteiger charge is -2.19. The van der Waals surface area contributed by atoms with E-state index in [1.807, 2.05) is 11.8 Å². The lowest BCUT2D eigenvalue weighted by Crippen LogP contribution is -2.24. The molecule has 2 aromatic rings. The smallest absolute Gasteiger partial charge is 0.161 e. The van der Waals surface area contributed by atoms with Crippen molar-refractivity contribution in [2.75, 3.05) is 35.6 Å². The van der Waals surface area contributed by atoms with E-state index in [4.69, 9.17) is 4.99 Å². The van der Waals surface area contributed by atoms with Gasteiger partial charge in [-0.25, -0.2) is 0 Å². The predicted molar refractivity (Wildman–Crippen MR) is 101 cm³/mol. The molecule has 0 radical (unpaired) electrons. The monoisotopic (exact) mass is 323 g/mol. The molecule has 0 bridgehead atoms. The SMILES string of the molecule is c1ccc2c(c1)CCN=C(SCCN1CCc3ccccc31)N2. The van der Waals surface area contributed by atoms with Crippen molar-refractivity contribution in [2.24, 2.45) is 4.99 Å². The molecule has 4 rings (SSSR count). The fraction of sp³-hybridized carbons (Fsp3) is 0.316. The van der Waals surface area contributed by atoms with E-state index >= 15 is 0 Å². The summed E-state index contributed by atoms with van der Waals surface area (Å²) in [7, 11) is 0. The van der Waals surface area contributed by atoms with E-state index in [-0.39, 0.29) is 0 Å². The number of para-hydroxylation sites is 2. The summed E-state index contributed by atoms with van der Waals surface area (Å²) in [5.41, 5.74) is 5.47. The highest BCUT2D eigenvalue weighted by Gasteiger charge is 2.18. The molecular weight excluding hydrogens is 302 g/mol. The third-order valence-corrected chi connectivity index (χ3v) is 5.37. The number of fused-ring (bicyclic) bond motifs is 2. The van der Waals surface area contributed by atoms with E-state index in [0.29, 0.717) is 0 Å². The molecule has 0 amide bonds. The van der Waals surface area contributed by atoms with Gasteiger partial charge in [0.05, 0.1) is 0 Å². The highest BCUT2D eigenvalue weighted by Crippen LogP contribution is 2.28. The summed E-state index contributed by atoms with van der Waals surface area (Å²) in [6.45, 7) is 3.09. The van der Waals surface area contributed by atoms with Crippen LogP contribution < -0.4 is 10.2 Å². The molecule has 0 unspecified atom stereocenters. The number of hydrogen-bond donors (Lipinski definition) is 1. The molecule has 23 heavy (non-hydrogen) atoms. The average Bonchev–Trinajstić information content (AvgIpc) is 2.87. The molecule has 0 aliphatic carbocycles. The van der Waals surface area contributed by atoms with Crippen LogP contribution in [0.2, 0.25) is 0 Å². The van der Waals surface area contributed by atoms with Gasteiger partial charge in [-0.05, 0) is 36.1 Å². The predicted octanol–water partition coefficient (Wildman–Crippen LogP) is 3.81. The highest BCUT2D eigenvalue weighted by molar-refractivity contribution is 8.14. The van der Waals surface area contributed by atoms with Crippen LogP contribution in [-0.4, -0.2) is 30.6 Å². The maximum absolute atomic E-state index is 4.70. The first-order valence-corrected chi connectivity index (χ1v) is 9.24. The topological polar surface area (TPSA) is 27.6 Å². The van der Waals surface area contributed by atoms with Crippen molar-refractivity contribution >= 4 is 28.3 Å². The number of hydrogen-bond acceptors (Lipinski definition) is 4. The van der Waals surface area contributed by atoms with Crippen molar-refractivity contribution in [1.82, 2.24) is 0 Å².